The number of aliphatic hydroxyl groups is 1. The second-order valence-corrected chi connectivity index (χ2v) is 9.12. The Morgan fingerprint density at radius 1 is 1.20 bits per heavy atom. The van der Waals surface area contributed by atoms with Crippen LogP contribution in [-0.4, -0.2) is 55.8 Å². The van der Waals surface area contributed by atoms with Crippen molar-refractivity contribution in [1.29, 1.82) is 0 Å². The van der Waals surface area contributed by atoms with Crippen LogP contribution in [0, 0.1) is 6.92 Å². The van der Waals surface area contributed by atoms with Gasteiger partial charge in [0.1, 0.15) is 11.8 Å². The van der Waals surface area contributed by atoms with Crippen molar-refractivity contribution in [3.63, 3.8) is 0 Å². The number of pyridine rings is 1. The van der Waals surface area contributed by atoms with Gasteiger partial charge in [-0.25, -0.2) is 13.1 Å². The van der Waals surface area contributed by atoms with Crippen molar-refractivity contribution in [3.8, 4) is 0 Å². The molecule has 1 fully saturated rings. The maximum Gasteiger partial charge on any atom is 0.270 e. The molecule has 0 bridgehead atoms. The van der Waals surface area contributed by atoms with E-state index in [1.165, 1.54) is 0 Å². The van der Waals surface area contributed by atoms with Crippen LogP contribution in [0.1, 0.15) is 35.3 Å². The van der Waals surface area contributed by atoms with Gasteiger partial charge in [-0.05, 0) is 50.5 Å². The summed E-state index contributed by atoms with van der Waals surface area (Å²) in [6, 6.07) is 11.4. The highest BCUT2D eigenvalue weighted by Gasteiger charge is 2.32. The molecule has 2 aromatic rings. The largest absolute Gasteiger partial charge is 0.394 e. The summed E-state index contributed by atoms with van der Waals surface area (Å²) in [5, 5.41) is 12.6. The lowest BCUT2D eigenvalue weighted by molar-refractivity contribution is -0.0891. The maximum absolute atomic E-state index is 12.4. The molecule has 0 radical (unpaired) electrons. The van der Waals surface area contributed by atoms with Gasteiger partial charge in [-0.3, -0.25) is 9.78 Å². The molecular weight excluding hydrogens is 406 g/mol. The van der Waals surface area contributed by atoms with Gasteiger partial charge in [0.25, 0.3) is 5.91 Å². The summed E-state index contributed by atoms with van der Waals surface area (Å²) >= 11 is 0. The number of hydrogen-bond donors (Lipinski definition) is 3. The topological polar surface area (TPSA) is 118 Å². The molecule has 3 atom stereocenters. The molecule has 3 N–H and O–H groups in total. The second kappa shape index (κ2) is 10.1. The predicted octanol–water partition coefficient (Wildman–Crippen LogP) is 1.40. The Labute approximate surface area is 176 Å². The lowest BCUT2D eigenvalue weighted by atomic mass is 9.97. The van der Waals surface area contributed by atoms with E-state index >= 15 is 0 Å². The molecule has 1 aromatic heterocycles. The summed E-state index contributed by atoms with van der Waals surface area (Å²) in [7, 11) is -3.57. The number of aromatic nitrogens is 1. The first-order chi connectivity index (χ1) is 14.4. The Kier molecular flexibility index (Phi) is 7.54. The molecule has 2 heterocycles. The van der Waals surface area contributed by atoms with Crippen molar-refractivity contribution in [3.05, 3.63) is 59.9 Å². The van der Waals surface area contributed by atoms with Crippen LogP contribution in [0.3, 0.4) is 0 Å². The van der Waals surface area contributed by atoms with E-state index in [1.54, 1.807) is 48.7 Å². The van der Waals surface area contributed by atoms with Crippen molar-refractivity contribution < 1.29 is 23.1 Å². The number of nitrogens with zero attached hydrogens (tertiary/aromatic N) is 1. The highest BCUT2D eigenvalue weighted by Crippen LogP contribution is 2.22. The van der Waals surface area contributed by atoms with Crippen molar-refractivity contribution in [2.24, 2.45) is 0 Å². The number of rotatable bonds is 8. The van der Waals surface area contributed by atoms with Crippen molar-refractivity contribution >= 4 is 15.9 Å². The molecular formula is C21H27N3O5S. The normalized spacial score (nSPS) is 21.9. The van der Waals surface area contributed by atoms with Gasteiger partial charge in [-0.2, -0.15) is 0 Å². The fraction of sp³-hybridized carbons (Fsp3) is 0.429. The van der Waals surface area contributed by atoms with Gasteiger partial charge in [0.2, 0.25) is 10.0 Å². The van der Waals surface area contributed by atoms with E-state index in [2.05, 4.69) is 15.0 Å². The lowest BCUT2D eigenvalue weighted by Crippen LogP contribution is -2.51. The van der Waals surface area contributed by atoms with E-state index in [4.69, 9.17) is 4.74 Å². The van der Waals surface area contributed by atoms with E-state index in [0.29, 0.717) is 25.0 Å². The van der Waals surface area contributed by atoms with E-state index in [9.17, 15) is 18.3 Å². The summed E-state index contributed by atoms with van der Waals surface area (Å²) < 4.78 is 33.2. The van der Waals surface area contributed by atoms with E-state index in [1.807, 2.05) is 6.92 Å². The Balaban J connectivity index is 1.49. The second-order valence-electron chi connectivity index (χ2n) is 7.35. The van der Waals surface area contributed by atoms with Gasteiger partial charge in [0.05, 0.1) is 23.6 Å². The zero-order valence-electron chi connectivity index (χ0n) is 16.8. The molecule has 3 rings (SSSR count). The molecule has 0 saturated carbocycles. The molecule has 9 heteroatoms. The van der Waals surface area contributed by atoms with Crippen LogP contribution in [-0.2, 0) is 14.8 Å². The van der Waals surface area contributed by atoms with E-state index in [0.717, 1.165) is 5.56 Å². The molecule has 1 aliphatic heterocycles. The Hall–Kier alpha value is -2.33. The molecule has 0 unspecified atom stereocenters. The number of hydrogen-bond acceptors (Lipinski definition) is 6. The number of ether oxygens (including phenoxy) is 1. The number of carbonyl (C=O) groups is 1. The number of amides is 1. The average molecular weight is 434 g/mol. The van der Waals surface area contributed by atoms with Crippen molar-refractivity contribution in [2.45, 2.75) is 49.3 Å². The van der Waals surface area contributed by atoms with Crippen LogP contribution >= 0.6 is 0 Å². The smallest absolute Gasteiger partial charge is 0.270 e. The van der Waals surface area contributed by atoms with Crippen LogP contribution in [0.2, 0.25) is 0 Å². The Morgan fingerprint density at radius 2 is 1.97 bits per heavy atom. The SMILES string of the molecule is Cc1ccc(S(=O)(=O)NCC[C@H]2CC[C@@H](NC(=O)c3ccccn3)[C@@H](CO)O2)cc1. The molecule has 1 saturated heterocycles. The molecule has 8 nitrogen and oxygen atoms in total. The standard InChI is InChI=1S/C21H27N3O5S/c1-15-5-8-17(9-6-15)30(27,28)23-13-11-16-7-10-18(20(14-25)29-16)24-21(26)19-4-2-3-12-22-19/h2-6,8-9,12,16,18,20,23,25H,7,10-11,13-14H2,1H3,(H,24,26)/t16-,18-,20-/m1/s1. The van der Waals surface area contributed by atoms with Gasteiger partial charge >= 0.3 is 0 Å². The van der Waals surface area contributed by atoms with Gasteiger partial charge in [0.15, 0.2) is 0 Å². The zero-order chi connectivity index (χ0) is 21.6. The molecule has 0 aliphatic carbocycles. The summed E-state index contributed by atoms with van der Waals surface area (Å²) in [6.45, 7) is 1.89. The minimum absolute atomic E-state index is 0.203. The summed E-state index contributed by atoms with van der Waals surface area (Å²) in [6.07, 6.45) is 2.54. The van der Waals surface area contributed by atoms with Crippen LogP contribution < -0.4 is 10.0 Å². The third-order valence-corrected chi connectivity index (χ3v) is 6.58. The van der Waals surface area contributed by atoms with Crippen molar-refractivity contribution in [1.82, 2.24) is 15.0 Å². The van der Waals surface area contributed by atoms with Gasteiger partial charge < -0.3 is 15.2 Å². The third kappa shape index (κ3) is 5.85. The van der Waals surface area contributed by atoms with Gasteiger partial charge in [-0.15, -0.1) is 0 Å². The quantitative estimate of drug-likeness (QED) is 0.579. The number of nitrogens with one attached hydrogen (secondary N) is 2. The number of benzene rings is 1. The number of carbonyl (C=O) groups excluding carboxylic acids is 1. The van der Waals surface area contributed by atoms with Crippen LogP contribution in [0.5, 0.6) is 0 Å². The van der Waals surface area contributed by atoms with Gasteiger partial charge in [-0.1, -0.05) is 23.8 Å². The van der Waals surface area contributed by atoms with E-state index in [-0.39, 0.29) is 36.1 Å². The fourth-order valence-electron chi connectivity index (χ4n) is 3.40. The van der Waals surface area contributed by atoms with E-state index < -0.39 is 16.1 Å². The summed E-state index contributed by atoms with van der Waals surface area (Å²) in [5.41, 5.74) is 1.30. The highest BCUT2D eigenvalue weighted by atomic mass is 32.2. The minimum atomic E-state index is -3.57. The first kappa shape index (κ1) is 22.4. The first-order valence-electron chi connectivity index (χ1n) is 9.93. The summed E-state index contributed by atoms with van der Waals surface area (Å²) in [5.74, 6) is -0.313. The zero-order valence-corrected chi connectivity index (χ0v) is 17.6. The number of aliphatic hydroxyl groups excluding tert-OH is 1. The molecule has 1 amide bonds. The highest BCUT2D eigenvalue weighted by molar-refractivity contribution is 7.89. The molecule has 0 spiro atoms. The predicted molar refractivity (Wildman–Crippen MR) is 111 cm³/mol. The molecule has 1 aliphatic rings. The minimum Gasteiger partial charge on any atom is -0.394 e. The Morgan fingerprint density at radius 3 is 2.63 bits per heavy atom. The molecule has 162 valence electrons. The van der Waals surface area contributed by atoms with Crippen LogP contribution in [0.15, 0.2) is 53.6 Å². The van der Waals surface area contributed by atoms with Crippen LogP contribution in [0.25, 0.3) is 0 Å². The van der Waals surface area contributed by atoms with Crippen molar-refractivity contribution in [2.75, 3.05) is 13.2 Å². The Bertz CT molecular complexity index is 935. The fourth-order valence-corrected chi connectivity index (χ4v) is 4.45. The number of aryl methyl sites for hydroxylation is 1. The number of sulfonamides is 1. The third-order valence-electron chi connectivity index (χ3n) is 5.10. The first-order valence-corrected chi connectivity index (χ1v) is 11.4. The maximum atomic E-state index is 12.4. The monoisotopic (exact) mass is 433 g/mol. The van der Waals surface area contributed by atoms with Gasteiger partial charge in [0, 0.05) is 12.7 Å². The summed E-state index contributed by atoms with van der Waals surface area (Å²) in [4.78, 5) is 16.6. The molecule has 30 heavy (non-hydrogen) atoms. The lowest BCUT2D eigenvalue weighted by Gasteiger charge is -2.36. The average Bonchev–Trinajstić information content (AvgIpc) is 2.75. The molecule has 1 aromatic carbocycles. The van der Waals surface area contributed by atoms with Crippen LogP contribution in [0.4, 0.5) is 0 Å².